The molecule has 2 saturated heterocycles. The van der Waals surface area contributed by atoms with Crippen molar-refractivity contribution in [3.8, 4) is 6.07 Å². The van der Waals surface area contributed by atoms with E-state index in [1.54, 1.807) is 0 Å². The van der Waals surface area contributed by atoms with E-state index in [-0.39, 0.29) is 24.7 Å². The van der Waals surface area contributed by atoms with Gasteiger partial charge >= 0.3 is 6.03 Å². The zero-order chi connectivity index (χ0) is 16.2. The second-order valence-electron chi connectivity index (χ2n) is 6.03. The number of halogens is 1. The molecule has 23 heavy (non-hydrogen) atoms. The highest BCUT2D eigenvalue weighted by molar-refractivity contribution is 5.75. The number of amides is 2. The van der Waals surface area contributed by atoms with Crippen molar-refractivity contribution in [1.29, 1.82) is 5.26 Å². The summed E-state index contributed by atoms with van der Waals surface area (Å²) >= 11 is 0. The maximum atomic E-state index is 13.8. The van der Waals surface area contributed by atoms with Gasteiger partial charge in [0.25, 0.3) is 0 Å². The largest absolute Gasteiger partial charge is 0.376 e. The van der Waals surface area contributed by atoms with Crippen LogP contribution in [0.15, 0.2) is 18.2 Å². The van der Waals surface area contributed by atoms with Crippen LogP contribution in [-0.4, -0.2) is 36.2 Å². The summed E-state index contributed by atoms with van der Waals surface area (Å²) in [6.45, 7) is 1.55. The first-order valence-electron chi connectivity index (χ1n) is 8.03. The summed E-state index contributed by atoms with van der Waals surface area (Å²) in [7, 11) is 0. The van der Waals surface area contributed by atoms with Gasteiger partial charge < -0.3 is 15.0 Å². The highest BCUT2D eigenvalue weighted by atomic mass is 19.1. The Morgan fingerprint density at radius 3 is 3.04 bits per heavy atom. The minimum Gasteiger partial charge on any atom is -0.376 e. The van der Waals surface area contributed by atoms with Gasteiger partial charge in [-0.25, -0.2) is 9.18 Å². The third-order valence-electron chi connectivity index (χ3n) is 4.56. The zero-order valence-corrected chi connectivity index (χ0v) is 12.9. The van der Waals surface area contributed by atoms with Gasteiger partial charge in [-0.05, 0) is 43.9 Å². The Bertz CT molecular complexity index is 623. The molecule has 0 saturated carbocycles. The maximum Gasteiger partial charge on any atom is 0.318 e. The molecular formula is C17H20FN3O2. The molecule has 0 aromatic heterocycles. The van der Waals surface area contributed by atoms with E-state index in [1.165, 1.54) is 18.2 Å². The molecule has 122 valence electrons. The lowest BCUT2D eigenvalue weighted by Crippen LogP contribution is -2.47. The normalized spacial score (nSPS) is 23.7. The van der Waals surface area contributed by atoms with Crippen molar-refractivity contribution in [2.24, 2.45) is 0 Å². The van der Waals surface area contributed by atoms with Crippen molar-refractivity contribution < 1.29 is 13.9 Å². The van der Waals surface area contributed by atoms with Gasteiger partial charge in [-0.2, -0.15) is 5.26 Å². The van der Waals surface area contributed by atoms with Gasteiger partial charge in [-0.15, -0.1) is 0 Å². The summed E-state index contributed by atoms with van der Waals surface area (Å²) in [5.74, 6) is -0.415. The number of hydrogen-bond donors (Lipinski definition) is 1. The summed E-state index contributed by atoms with van der Waals surface area (Å²) in [4.78, 5) is 14.2. The number of nitriles is 1. The number of benzene rings is 1. The van der Waals surface area contributed by atoms with E-state index in [2.05, 4.69) is 5.32 Å². The van der Waals surface area contributed by atoms with Crippen LogP contribution in [0.2, 0.25) is 0 Å². The Kier molecular flexibility index (Phi) is 4.77. The van der Waals surface area contributed by atoms with Gasteiger partial charge in [0.05, 0.1) is 23.8 Å². The van der Waals surface area contributed by atoms with Gasteiger partial charge in [-0.1, -0.05) is 0 Å². The number of nitrogens with one attached hydrogen (secondary N) is 1. The molecule has 2 fully saturated rings. The molecule has 2 heterocycles. The van der Waals surface area contributed by atoms with Crippen LogP contribution in [0, 0.1) is 17.1 Å². The molecule has 0 radical (unpaired) electrons. The molecule has 2 atom stereocenters. The summed E-state index contributed by atoms with van der Waals surface area (Å²) in [6.07, 6.45) is 4.09. The van der Waals surface area contributed by atoms with Gasteiger partial charge in [0.1, 0.15) is 5.82 Å². The lowest BCUT2D eigenvalue weighted by molar-refractivity contribution is 0.0520. The topological polar surface area (TPSA) is 65.4 Å². The van der Waals surface area contributed by atoms with Crippen LogP contribution in [0.25, 0.3) is 0 Å². The molecule has 1 aromatic carbocycles. The highest BCUT2D eigenvalue weighted by Crippen LogP contribution is 2.27. The van der Waals surface area contributed by atoms with E-state index in [0.717, 1.165) is 32.3 Å². The smallest absolute Gasteiger partial charge is 0.318 e. The van der Waals surface area contributed by atoms with Crippen LogP contribution in [0.1, 0.15) is 36.8 Å². The average Bonchev–Trinajstić information content (AvgIpc) is 3.24. The van der Waals surface area contributed by atoms with Gasteiger partial charge in [0.15, 0.2) is 0 Å². The van der Waals surface area contributed by atoms with Crippen LogP contribution < -0.4 is 5.32 Å². The molecule has 1 N–H and O–H groups in total. The van der Waals surface area contributed by atoms with E-state index < -0.39 is 5.82 Å². The van der Waals surface area contributed by atoms with E-state index in [9.17, 15) is 9.18 Å². The summed E-state index contributed by atoms with van der Waals surface area (Å²) in [5, 5.41) is 11.6. The molecule has 5 nitrogen and oxygen atoms in total. The molecule has 6 heteroatoms. The minimum absolute atomic E-state index is 0.0783. The van der Waals surface area contributed by atoms with Gasteiger partial charge in [0.2, 0.25) is 0 Å². The van der Waals surface area contributed by atoms with Crippen LogP contribution in [0.3, 0.4) is 0 Å². The first kappa shape index (κ1) is 15.8. The molecule has 2 aliphatic rings. The third kappa shape index (κ3) is 3.45. The van der Waals surface area contributed by atoms with Gasteiger partial charge in [-0.3, -0.25) is 0 Å². The Hall–Kier alpha value is -2.13. The molecule has 0 aliphatic carbocycles. The second kappa shape index (κ2) is 6.97. The number of likely N-dealkylation sites (tertiary alicyclic amines) is 1. The third-order valence-corrected chi connectivity index (χ3v) is 4.56. The SMILES string of the molecule is N#Cc1ccc(F)c(CNC(=O)N2CCCC2C2CCCO2)c1. The standard InChI is InChI=1S/C17H20FN3O2/c18-14-6-5-12(10-19)9-13(14)11-20-17(22)21-7-1-3-15(21)16-4-2-8-23-16/h5-6,9,15-16H,1-4,7-8,11H2,(H,20,22). The average molecular weight is 317 g/mol. The second-order valence-corrected chi connectivity index (χ2v) is 6.03. The van der Waals surface area contributed by atoms with E-state index in [4.69, 9.17) is 10.00 Å². The summed E-state index contributed by atoms with van der Waals surface area (Å²) in [5.41, 5.74) is 0.708. The molecular weight excluding hydrogens is 297 g/mol. The fourth-order valence-corrected chi connectivity index (χ4v) is 3.39. The van der Waals surface area contributed by atoms with E-state index in [0.29, 0.717) is 17.7 Å². The quantitative estimate of drug-likeness (QED) is 0.932. The fourth-order valence-electron chi connectivity index (χ4n) is 3.39. The Morgan fingerprint density at radius 1 is 1.43 bits per heavy atom. The lowest BCUT2D eigenvalue weighted by Gasteiger charge is -2.29. The van der Waals surface area contributed by atoms with Crippen LogP contribution >= 0.6 is 0 Å². The molecule has 0 spiro atoms. The van der Waals surface area contributed by atoms with Crippen molar-refractivity contribution in [2.75, 3.05) is 13.2 Å². The predicted octanol–water partition coefficient (Wildman–Crippen LogP) is 2.55. The maximum absolute atomic E-state index is 13.8. The number of carbonyl (C=O) groups is 1. The molecule has 2 aliphatic heterocycles. The van der Waals surface area contributed by atoms with Crippen molar-refractivity contribution in [1.82, 2.24) is 10.2 Å². The first-order chi connectivity index (χ1) is 11.2. The summed E-state index contributed by atoms with van der Waals surface area (Å²) < 4.78 is 19.5. The monoisotopic (exact) mass is 317 g/mol. The number of rotatable bonds is 3. The number of nitrogens with zero attached hydrogens (tertiary/aromatic N) is 2. The van der Waals surface area contributed by atoms with Gasteiger partial charge in [0, 0.05) is 25.3 Å². The van der Waals surface area contributed by atoms with Crippen molar-refractivity contribution in [3.05, 3.63) is 35.1 Å². The van der Waals surface area contributed by atoms with Crippen molar-refractivity contribution >= 4 is 6.03 Å². The van der Waals surface area contributed by atoms with Crippen LogP contribution in [0.5, 0.6) is 0 Å². The Morgan fingerprint density at radius 2 is 2.30 bits per heavy atom. The number of hydrogen-bond acceptors (Lipinski definition) is 3. The van der Waals surface area contributed by atoms with Crippen molar-refractivity contribution in [3.63, 3.8) is 0 Å². The molecule has 2 amide bonds. The molecule has 0 bridgehead atoms. The summed E-state index contributed by atoms with van der Waals surface area (Å²) in [6, 6.07) is 6.05. The molecule has 3 rings (SSSR count). The Labute approximate surface area is 135 Å². The highest BCUT2D eigenvalue weighted by Gasteiger charge is 2.36. The fraction of sp³-hybridized carbons (Fsp3) is 0.529. The zero-order valence-electron chi connectivity index (χ0n) is 12.9. The molecule has 1 aromatic rings. The van der Waals surface area contributed by atoms with Crippen LogP contribution in [0.4, 0.5) is 9.18 Å². The lowest BCUT2D eigenvalue weighted by atomic mass is 10.1. The van der Waals surface area contributed by atoms with Crippen molar-refractivity contribution in [2.45, 2.75) is 44.4 Å². The van der Waals surface area contributed by atoms with E-state index in [1.807, 2.05) is 11.0 Å². The van der Waals surface area contributed by atoms with E-state index >= 15 is 0 Å². The minimum atomic E-state index is -0.415. The number of urea groups is 1. The first-order valence-corrected chi connectivity index (χ1v) is 8.03. The predicted molar refractivity (Wildman–Crippen MR) is 82.1 cm³/mol. The number of ether oxygens (including phenoxy) is 1. The molecule has 2 unspecified atom stereocenters. The van der Waals surface area contributed by atoms with Crippen LogP contribution in [-0.2, 0) is 11.3 Å². The Balaban J connectivity index is 1.61. The number of carbonyl (C=O) groups excluding carboxylic acids is 1.